The van der Waals surface area contributed by atoms with Gasteiger partial charge in [-0.2, -0.15) is 0 Å². The normalized spacial score (nSPS) is 13.8. The standard InChI is InChI=1S/C22H22FN5O3/c1-13-8-9-16(31-22(30)28-10-3-2-4-11-28)19(17(13)23)27-21-15-7-5-6-14(20(24)29)18(15)25-12-26-21/h5-9,12H,2-4,10-11H2,1H3,(H2,24,29)(H,25,26,27). The number of carbonyl (C=O) groups excluding carboxylic acids is 2. The molecule has 1 aromatic heterocycles. The molecule has 1 fully saturated rings. The van der Waals surface area contributed by atoms with Crippen LogP contribution < -0.4 is 15.8 Å². The first kappa shape index (κ1) is 20.5. The Balaban J connectivity index is 1.72. The Labute approximate surface area is 178 Å². The molecule has 1 saturated heterocycles. The Morgan fingerprint density at radius 2 is 1.90 bits per heavy atom. The molecule has 9 heteroatoms. The molecule has 3 aromatic rings. The zero-order valence-corrected chi connectivity index (χ0v) is 17.0. The number of anilines is 2. The molecule has 4 rings (SSSR count). The van der Waals surface area contributed by atoms with Crippen molar-refractivity contribution >= 4 is 34.4 Å². The van der Waals surface area contributed by atoms with Crippen LogP contribution in [0.1, 0.15) is 35.2 Å². The number of primary amides is 1. The fraction of sp³-hybridized carbons (Fsp3) is 0.273. The number of aromatic nitrogens is 2. The van der Waals surface area contributed by atoms with Gasteiger partial charge < -0.3 is 20.7 Å². The van der Waals surface area contributed by atoms with Gasteiger partial charge >= 0.3 is 6.09 Å². The van der Waals surface area contributed by atoms with Gasteiger partial charge in [0.05, 0.1) is 11.1 Å². The summed E-state index contributed by atoms with van der Waals surface area (Å²) in [6, 6.07) is 7.97. The van der Waals surface area contributed by atoms with Crippen LogP contribution in [-0.2, 0) is 0 Å². The maximum atomic E-state index is 15.1. The van der Waals surface area contributed by atoms with Crippen molar-refractivity contribution < 1.29 is 18.7 Å². The average Bonchev–Trinajstić information content (AvgIpc) is 2.78. The number of rotatable bonds is 4. The summed E-state index contributed by atoms with van der Waals surface area (Å²) in [5.41, 5.74) is 6.35. The van der Waals surface area contributed by atoms with Crippen LogP contribution >= 0.6 is 0 Å². The lowest BCUT2D eigenvalue weighted by molar-refractivity contribution is 0.100. The molecule has 3 N–H and O–H groups in total. The maximum absolute atomic E-state index is 15.1. The van der Waals surface area contributed by atoms with E-state index in [1.165, 1.54) is 6.33 Å². The lowest BCUT2D eigenvalue weighted by Gasteiger charge is -2.26. The molecule has 2 aromatic carbocycles. The van der Waals surface area contributed by atoms with Crippen molar-refractivity contribution in [1.29, 1.82) is 0 Å². The third kappa shape index (κ3) is 4.11. The predicted octanol–water partition coefficient (Wildman–Crippen LogP) is 3.90. The van der Waals surface area contributed by atoms with Crippen molar-refractivity contribution in [1.82, 2.24) is 14.9 Å². The van der Waals surface area contributed by atoms with Crippen molar-refractivity contribution in [3.8, 4) is 5.75 Å². The van der Waals surface area contributed by atoms with Gasteiger partial charge in [0.25, 0.3) is 5.91 Å². The molecule has 8 nitrogen and oxygen atoms in total. The van der Waals surface area contributed by atoms with Crippen molar-refractivity contribution in [2.24, 2.45) is 5.73 Å². The third-order valence-electron chi connectivity index (χ3n) is 5.28. The number of nitrogens with two attached hydrogens (primary N) is 1. The first-order valence-corrected chi connectivity index (χ1v) is 10.0. The lowest BCUT2D eigenvalue weighted by Crippen LogP contribution is -2.37. The number of hydrogen-bond donors (Lipinski definition) is 2. The molecule has 0 saturated carbocycles. The van der Waals surface area contributed by atoms with Gasteiger partial charge in [-0.15, -0.1) is 0 Å². The average molecular weight is 423 g/mol. The molecule has 1 aliphatic rings. The van der Waals surface area contributed by atoms with E-state index in [0.717, 1.165) is 19.3 Å². The summed E-state index contributed by atoms with van der Waals surface area (Å²) in [5.74, 6) is -0.890. The van der Waals surface area contributed by atoms with E-state index in [-0.39, 0.29) is 22.8 Å². The summed E-state index contributed by atoms with van der Waals surface area (Å²) >= 11 is 0. The molecule has 0 unspecified atom stereocenters. The van der Waals surface area contributed by atoms with Crippen LogP contribution in [0.15, 0.2) is 36.7 Å². The zero-order valence-electron chi connectivity index (χ0n) is 17.0. The minimum atomic E-state index is -0.631. The predicted molar refractivity (Wildman–Crippen MR) is 114 cm³/mol. The number of nitrogens with zero attached hydrogens (tertiary/aromatic N) is 3. The molecule has 1 aliphatic heterocycles. The molecule has 2 amide bonds. The van der Waals surface area contributed by atoms with Crippen LogP contribution in [0.3, 0.4) is 0 Å². The first-order valence-electron chi connectivity index (χ1n) is 10.0. The number of amides is 2. The highest BCUT2D eigenvalue weighted by molar-refractivity contribution is 6.07. The molecule has 0 bridgehead atoms. The van der Waals surface area contributed by atoms with E-state index in [0.29, 0.717) is 29.6 Å². The van der Waals surface area contributed by atoms with E-state index < -0.39 is 17.8 Å². The van der Waals surface area contributed by atoms with Crippen molar-refractivity contribution in [3.63, 3.8) is 0 Å². The van der Waals surface area contributed by atoms with E-state index in [1.54, 1.807) is 42.2 Å². The van der Waals surface area contributed by atoms with E-state index in [2.05, 4.69) is 15.3 Å². The Morgan fingerprint density at radius 1 is 1.13 bits per heavy atom. The summed E-state index contributed by atoms with van der Waals surface area (Å²) in [7, 11) is 0. The molecule has 0 aliphatic carbocycles. The number of ether oxygens (including phenoxy) is 1. The minimum Gasteiger partial charge on any atom is -0.408 e. The van der Waals surface area contributed by atoms with Gasteiger partial charge in [-0.1, -0.05) is 12.1 Å². The van der Waals surface area contributed by atoms with E-state index in [1.807, 2.05) is 0 Å². The fourth-order valence-electron chi connectivity index (χ4n) is 3.60. The second-order valence-corrected chi connectivity index (χ2v) is 7.40. The number of benzene rings is 2. The topological polar surface area (TPSA) is 110 Å². The maximum Gasteiger partial charge on any atom is 0.415 e. The number of para-hydroxylation sites is 1. The molecular formula is C22H22FN5O3. The number of aryl methyl sites for hydroxylation is 1. The molecule has 160 valence electrons. The van der Waals surface area contributed by atoms with Crippen molar-refractivity contribution in [2.45, 2.75) is 26.2 Å². The summed E-state index contributed by atoms with van der Waals surface area (Å²) in [4.78, 5) is 34.3. The van der Waals surface area contributed by atoms with Gasteiger partial charge in [0, 0.05) is 18.5 Å². The number of fused-ring (bicyclic) bond motifs is 1. The highest BCUT2D eigenvalue weighted by Gasteiger charge is 2.22. The third-order valence-corrected chi connectivity index (χ3v) is 5.28. The number of piperidine rings is 1. The molecule has 0 atom stereocenters. The molecule has 0 radical (unpaired) electrons. The lowest BCUT2D eigenvalue weighted by atomic mass is 10.1. The number of nitrogens with one attached hydrogen (secondary N) is 1. The number of likely N-dealkylation sites (tertiary alicyclic amines) is 1. The Bertz CT molecular complexity index is 1160. The van der Waals surface area contributed by atoms with Gasteiger partial charge in [0.15, 0.2) is 11.6 Å². The van der Waals surface area contributed by atoms with E-state index in [9.17, 15) is 9.59 Å². The van der Waals surface area contributed by atoms with Gasteiger partial charge in [0.1, 0.15) is 17.8 Å². The smallest absolute Gasteiger partial charge is 0.408 e. The van der Waals surface area contributed by atoms with Gasteiger partial charge in [-0.3, -0.25) is 4.79 Å². The van der Waals surface area contributed by atoms with Gasteiger partial charge in [-0.05, 0) is 49.9 Å². The molecule has 0 spiro atoms. The molecule has 31 heavy (non-hydrogen) atoms. The SMILES string of the molecule is Cc1ccc(OC(=O)N2CCCCC2)c(Nc2ncnc3c(C(N)=O)cccc23)c1F. The number of halogens is 1. The largest absolute Gasteiger partial charge is 0.415 e. The molecule has 2 heterocycles. The highest BCUT2D eigenvalue weighted by atomic mass is 19.1. The van der Waals surface area contributed by atoms with Crippen molar-refractivity contribution in [3.05, 3.63) is 53.6 Å². The summed E-state index contributed by atoms with van der Waals surface area (Å²) in [6.07, 6.45) is 3.64. The van der Waals surface area contributed by atoms with Gasteiger partial charge in [0.2, 0.25) is 0 Å². The second kappa shape index (κ2) is 8.55. The van der Waals surface area contributed by atoms with E-state index >= 15 is 4.39 Å². The van der Waals surface area contributed by atoms with Crippen molar-refractivity contribution in [2.75, 3.05) is 18.4 Å². The van der Waals surface area contributed by atoms with Crippen LogP contribution in [0, 0.1) is 12.7 Å². The van der Waals surface area contributed by atoms with Crippen LogP contribution in [0.25, 0.3) is 10.9 Å². The van der Waals surface area contributed by atoms with E-state index in [4.69, 9.17) is 10.5 Å². The summed E-state index contributed by atoms with van der Waals surface area (Å²) in [6.45, 7) is 2.84. The number of hydrogen-bond acceptors (Lipinski definition) is 6. The first-order chi connectivity index (χ1) is 15.0. The minimum absolute atomic E-state index is 0.0187. The van der Waals surface area contributed by atoms with Crippen LogP contribution in [0.5, 0.6) is 5.75 Å². The quantitative estimate of drug-likeness (QED) is 0.658. The Kier molecular flexibility index (Phi) is 5.66. The summed E-state index contributed by atoms with van der Waals surface area (Å²) in [5, 5.41) is 3.40. The van der Waals surface area contributed by atoms with Crippen LogP contribution in [0.4, 0.5) is 20.7 Å². The Morgan fingerprint density at radius 3 is 2.65 bits per heavy atom. The fourth-order valence-corrected chi connectivity index (χ4v) is 3.60. The highest BCUT2D eigenvalue weighted by Crippen LogP contribution is 2.34. The second-order valence-electron chi connectivity index (χ2n) is 7.40. The number of carbonyl (C=O) groups is 2. The zero-order chi connectivity index (χ0) is 22.0. The Hall–Kier alpha value is -3.75. The van der Waals surface area contributed by atoms with Crippen LogP contribution in [0.2, 0.25) is 0 Å². The van der Waals surface area contributed by atoms with Crippen LogP contribution in [-0.4, -0.2) is 40.0 Å². The van der Waals surface area contributed by atoms with Gasteiger partial charge in [-0.25, -0.2) is 19.2 Å². The summed E-state index contributed by atoms with van der Waals surface area (Å²) < 4.78 is 20.6. The monoisotopic (exact) mass is 423 g/mol. The molecular weight excluding hydrogens is 401 g/mol.